The first-order valence-corrected chi connectivity index (χ1v) is 5.56. The van der Waals surface area contributed by atoms with E-state index in [1.165, 1.54) is 17.7 Å². The molecule has 0 saturated heterocycles. The van der Waals surface area contributed by atoms with E-state index in [9.17, 15) is 4.79 Å². The van der Waals surface area contributed by atoms with Gasteiger partial charge in [-0.1, -0.05) is 11.6 Å². The monoisotopic (exact) mass is 266 g/mol. The van der Waals surface area contributed by atoms with E-state index in [-0.39, 0.29) is 17.0 Å². The molecule has 0 saturated carbocycles. The molecule has 0 aliphatic rings. The van der Waals surface area contributed by atoms with Crippen molar-refractivity contribution in [3.05, 3.63) is 22.9 Å². The highest BCUT2D eigenvalue weighted by Crippen LogP contribution is 2.14. The van der Waals surface area contributed by atoms with Crippen LogP contribution in [0.4, 0.5) is 5.82 Å². The number of nitrogens with zero attached hydrogens (tertiary/aromatic N) is 5. The van der Waals surface area contributed by atoms with E-state index in [0.29, 0.717) is 17.5 Å². The summed E-state index contributed by atoms with van der Waals surface area (Å²) in [4.78, 5) is 23.3. The molecule has 0 bridgehead atoms. The Labute approximate surface area is 108 Å². The minimum atomic E-state index is -0.234. The quantitative estimate of drug-likeness (QED) is 0.828. The average molecular weight is 267 g/mol. The van der Waals surface area contributed by atoms with Crippen molar-refractivity contribution in [3.63, 3.8) is 0 Å². The van der Waals surface area contributed by atoms with Crippen molar-refractivity contribution < 1.29 is 4.79 Å². The van der Waals surface area contributed by atoms with Gasteiger partial charge < -0.3 is 5.32 Å². The number of aryl methyl sites for hydroxylation is 2. The van der Waals surface area contributed by atoms with Crippen LogP contribution in [0.25, 0.3) is 5.95 Å². The molecular weight excluding hydrogens is 256 g/mol. The summed E-state index contributed by atoms with van der Waals surface area (Å²) in [5, 5.41) is 6.92. The van der Waals surface area contributed by atoms with Crippen molar-refractivity contribution >= 4 is 23.3 Å². The number of halogens is 1. The fraction of sp³-hybridized carbons (Fsp3) is 0.300. The zero-order valence-corrected chi connectivity index (χ0v) is 10.9. The number of amides is 1. The third kappa shape index (κ3) is 2.62. The number of aromatic nitrogens is 5. The number of nitrogens with one attached hydrogen (secondary N) is 1. The molecule has 0 aliphatic carbocycles. The van der Waals surface area contributed by atoms with E-state index < -0.39 is 0 Å². The number of rotatable bonds is 2. The van der Waals surface area contributed by atoms with E-state index in [2.05, 4.69) is 25.4 Å². The van der Waals surface area contributed by atoms with Crippen LogP contribution >= 0.6 is 11.6 Å². The average Bonchev–Trinajstić information content (AvgIpc) is 2.55. The van der Waals surface area contributed by atoms with Crippen LogP contribution in [0.15, 0.2) is 6.07 Å². The number of hydrogen-bond acceptors (Lipinski definition) is 5. The fourth-order valence-corrected chi connectivity index (χ4v) is 1.63. The van der Waals surface area contributed by atoms with Gasteiger partial charge in [0.1, 0.15) is 22.6 Å². The Morgan fingerprint density at radius 1 is 1.33 bits per heavy atom. The van der Waals surface area contributed by atoms with Gasteiger partial charge in [-0.15, -0.1) is 5.10 Å². The lowest BCUT2D eigenvalue weighted by Gasteiger charge is -2.05. The summed E-state index contributed by atoms with van der Waals surface area (Å²) in [6.07, 6.45) is 0. The van der Waals surface area contributed by atoms with Crippen LogP contribution in [0.3, 0.4) is 0 Å². The highest BCUT2D eigenvalue weighted by atomic mass is 35.5. The first-order chi connectivity index (χ1) is 8.45. The van der Waals surface area contributed by atoms with Gasteiger partial charge in [0.2, 0.25) is 5.91 Å². The Bertz CT molecular complexity index is 608. The van der Waals surface area contributed by atoms with Crippen LogP contribution in [-0.2, 0) is 4.79 Å². The van der Waals surface area contributed by atoms with Gasteiger partial charge in [-0.25, -0.2) is 4.98 Å². The molecule has 2 rings (SSSR count). The summed E-state index contributed by atoms with van der Waals surface area (Å²) in [6.45, 7) is 4.94. The maximum absolute atomic E-state index is 11.0. The van der Waals surface area contributed by atoms with Gasteiger partial charge in [-0.2, -0.15) is 14.6 Å². The summed E-state index contributed by atoms with van der Waals surface area (Å²) in [6, 6.07) is 1.46. The molecule has 1 amide bonds. The van der Waals surface area contributed by atoms with Crippen molar-refractivity contribution in [1.29, 1.82) is 0 Å². The first-order valence-electron chi connectivity index (χ1n) is 5.18. The SMILES string of the molecule is CC(=O)Nc1cc(Cl)nc(-n2nc(C)nc2C)n1. The van der Waals surface area contributed by atoms with Gasteiger partial charge >= 0.3 is 0 Å². The third-order valence-electron chi connectivity index (χ3n) is 2.05. The highest BCUT2D eigenvalue weighted by Gasteiger charge is 2.11. The van der Waals surface area contributed by atoms with Crippen molar-refractivity contribution in [2.75, 3.05) is 5.32 Å². The second kappa shape index (κ2) is 4.69. The Morgan fingerprint density at radius 2 is 2.06 bits per heavy atom. The Morgan fingerprint density at radius 3 is 2.61 bits per heavy atom. The molecule has 0 unspecified atom stereocenters. The number of carbonyl (C=O) groups is 1. The fourth-order valence-electron chi connectivity index (χ4n) is 1.46. The molecule has 0 atom stereocenters. The van der Waals surface area contributed by atoms with E-state index in [1.54, 1.807) is 13.8 Å². The van der Waals surface area contributed by atoms with Crippen LogP contribution in [0.1, 0.15) is 18.6 Å². The second-order valence-corrected chi connectivity index (χ2v) is 4.06. The van der Waals surface area contributed by atoms with Crippen molar-refractivity contribution in [1.82, 2.24) is 24.7 Å². The molecule has 2 aromatic rings. The maximum Gasteiger partial charge on any atom is 0.255 e. The molecule has 0 aromatic carbocycles. The van der Waals surface area contributed by atoms with Crippen LogP contribution < -0.4 is 5.32 Å². The van der Waals surface area contributed by atoms with Gasteiger partial charge in [-0.05, 0) is 13.8 Å². The lowest BCUT2D eigenvalue weighted by molar-refractivity contribution is -0.114. The Kier molecular flexibility index (Phi) is 3.24. The van der Waals surface area contributed by atoms with Crippen molar-refractivity contribution in [3.8, 4) is 5.95 Å². The van der Waals surface area contributed by atoms with Gasteiger partial charge in [-0.3, -0.25) is 4.79 Å². The van der Waals surface area contributed by atoms with Crippen LogP contribution in [0.5, 0.6) is 0 Å². The molecule has 18 heavy (non-hydrogen) atoms. The highest BCUT2D eigenvalue weighted by molar-refractivity contribution is 6.29. The van der Waals surface area contributed by atoms with E-state index >= 15 is 0 Å². The van der Waals surface area contributed by atoms with E-state index in [0.717, 1.165) is 0 Å². The van der Waals surface area contributed by atoms with Gasteiger partial charge in [0.05, 0.1) is 0 Å². The van der Waals surface area contributed by atoms with Gasteiger partial charge in [0.15, 0.2) is 0 Å². The first kappa shape index (κ1) is 12.4. The number of anilines is 1. The van der Waals surface area contributed by atoms with Crippen LogP contribution in [-0.4, -0.2) is 30.6 Å². The normalized spacial score (nSPS) is 10.4. The molecule has 94 valence electrons. The predicted octanol–water partition coefficient (Wildman–Crippen LogP) is 1.29. The molecule has 7 nitrogen and oxygen atoms in total. The molecule has 2 aromatic heterocycles. The lowest BCUT2D eigenvalue weighted by Crippen LogP contribution is -2.11. The van der Waals surface area contributed by atoms with E-state index in [1.807, 2.05) is 0 Å². The smallest absolute Gasteiger partial charge is 0.255 e. The molecular formula is C10H11ClN6O. The van der Waals surface area contributed by atoms with Crippen molar-refractivity contribution in [2.24, 2.45) is 0 Å². The summed E-state index contributed by atoms with van der Waals surface area (Å²) in [5.41, 5.74) is 0. The van der Waals surface area contributed by atoms with Gasteiger partial charge in [0, 0.05) is 13.0 Å². The molecule has 0 aliphatic heterocycles. The Hall–Kier alpha value is -2.02. The standard InChI is InChI=1S/C10H11ClN6O/c1-5-12-6(2)17(16-5)10-14-8(11)4-9(15-10)13-7(3)18/h4H,1-3H3,(H,13,14,15,18). The van der Waals surface area contributed by atoms with Crippen molar-refractivity contribution in [2.45, 2.75) is 20.8 Å². The third-order valence-corrected chi connectivity index (χ3v) is 2.25. The Balaban J connectivity index is 2.48. The maximum atomic E-state index is 11.0. The topological polar surface area (TPSA) is 85.6 Å². The molecule has 0 radical (unpaired) electrons. The molecule has 0 fully saturated rings. The minimum Gasteiger partial charge on any atom is -0.311 e. The minimum absolute atomic E-state index is 0.219. The lowest BCUT2D eigenvalue weighted by atomic mass is 10.5. The summed E-state index contributed by atoms with van der Waals surface area (Å²) in [7, 11) is 0. The summed E-state index contributed by atoms with van der Waals surface area (Å²) < 4.78 is 1.46. The zero-order valence-electron chi connectivity index (χ0n) is 10.1. The van der Waals surface area contributed by atoms with Crippen LogP contribution in [0.2, 0.25) is 5.15 Å². The molecule has 8 heteroatoms. The number of carbonyl (C=O) groups excluding carboxylic acids is 1. The summed E-state index contributed by atoms with van der Waals surface area (Å²) in [5.74, 6) is 1.61. The summed E-state index contributed by atoms with van der Waals surface area (Å²) >= 11 is 5.88. The number of hydrogen-bond donors (Lipinski definition) is 1. The van der Waals surface area contributed by atoms with Crippen LogP contribution in [0, 0.1) is 13.8 Å². The second-order valence-electron chi connectivity index (χ2n) is 3.68. The predicted molar refractivity (Wildman–Crippen MR) is 65.7 cm³/mol. The van der Waals surface area contributed by atoms with E-state index in [4.69, 9.17) is 11.6 Å². The molecule has 2 heterocycles. The molecule has 1 N–H and O–H groups in total. The largest absolute Gasteiger partial charge is 0.311 e. The zero-order chi connectivity index (χ0) is 13.3. The van der Waals surface area contributed by atoms with Gasteiger partial charge in [0.25, 0.3) is 5.95 Å². The molecule has 0 spiro atoms.